The molecule has 2 bridgehead atoms. The fraction of sp³-hybridized carbons (Fsp3) is 0.600. The van der Waals surface area contributed by atoms with Crippen LogP contribution in [0.15, 0.2) is 12.1 Å². The summed E-state index contributed by atoms with van der Waals surface area (Å²) in [5.74, 6) is -0.256. The number of carboxylic acid groups (broad SMARTS) is 1. The van der Waals surface area contributed by atoms with Gasteiger partial charge in [-0.3, -0.25) is 4.90 Å². The van der Waals surface area contributed by atoms with Crippen molar-refractivity contribution in [2.24, 2.45) is 0 Å². The molecule has 2 atom stereocenters. The zero-order chi connectivity index (χ0) is 14.3. The number of fused-ring (bicyclic) bond motifs is 2. The molecule has 20 heavy (non-hydrogen) atoms. The van der Waals surface area contributed by atoms with Crippen LogP contribution in [0, 0.1) is 6.92 Å². The predicted molar refractivity (Wildman–Crippen MR) is 77.3 cm³/mol. The molecule has 0 saturated carbocycles. The summed E-state index contributed by atoms with van der Waals surface area (Å²) in [5.41, 5.74) is 1.18. The zero-order valence-electron chi connectivity index (χ0n) is 12.0. The van der Waals surface area contributed by atoms with Crippen molar-refractivity contribution in [2.75, 3.05) is 25.0 Å². The van der Waals surface area contributed by atoms with E-state index in [-0.39, 0.29) is 0 Å². The number of anilines is 1. The Bertz CT molecular complexity index is 532. The average Bonchev–Trinajstić information content (AvgIpc) is 2.62. The Balaban J connectivity index is 1.93. The second-order valence-electron chi connectivity index (χ2n) is 5.91. The van der Waals surface area contributed by atoms with Crippen molar-refractivity contribution in [3.8, 4) is 0 Å². The summed E-state index contributed by atoms with van der Waals surface area (Å²) in [6, 6.07) is 4.60. The van der Waals surface area contributed by atoms with E-state index in [4.69, 9.17) is 0 Å². The second kappa shape index (κ2) is 5.05. The third kappa shape index (κ3) is 2.26. The van der Waals surface area contributed by atoms with Crippen molar-refractivity contribution in [1.82, 2.24) is 9.88 Å². The predicted octanol–water partition coefficient (Wildman–Crippen LogP) is 1.76. The Labute approximate surface area is 119 Å². The quantitative estimate of drug-likeness (QED) is 0.891. The molecule has 3 rings (SSSR count). The molecule has 1 N–H and O–H groups in total. The maximum absolute atomic E-state index is 11.4. The lowest BCUT2D eigenvalue weighted by atomic mass is 10.1. The summed E-state index contributed by atoms with van der Waals surface area (Å²) >= 11 is 0. The molecule has 0 aromatic carbocycles. The van der Waals surface area contributed by atoms with Crippen molar-refractivity contribution in [1.29, 1.82) is 0 Å². The number of aryl methyl sites for hydroxylation is 1. The van der Waals surface area contributed by atoms with Gasteiger partial charge in [0, 0.05) is 30.9 Å². The van der Waals surface area contributed by atoms with E-state index in [1.807, 2.05) is 6.92 Å². The Morgan fingerprint density at radius 3 is 2.80 bits per heavy atom. The van der Waals surface area contributed by atoms with Gasteiger partial charge in [-0.2, -0.15) is 0 Å². The zero-order valence-corrected chi connectivity index (χ0v) is 12.0. The van der Waals surface area contributed by atoms with Crippen molar-refractivity contribution in [3.05, 3.63) is 23.4 Å². The Kier molecular flexibility index (Phi) is 3.38. The highest BCUT2D eigenvalue weighted by Crippen LogP contribution is 2.31. The largest absolute Gasteiger partial charge is 0.478 e. The molecule has 0 amide bonds. The highest BCUT2D eigenvalue weighted by molar-refractivity contribution is 5.93. The number of carboxylic acids is 1. The van der Waals surface area contributed by atoms with E-state index in [0.717, 1.165) is 25.2 Å². The monoisotopic (exact) mass is 275 g/mol. The van der Waals surface area contributed by atoms with Gasteiger partial charge in [0.15, 0.2) is 0 Å². The van der Waals surface area contributed by atoms with Crippen LogP contribution in [-0.2, 0) is 0 Å². The molecular formula is C15H21N3O2. The van der Waals surface area contributed by atoms with Gasteiger partial charge in [0.2, 0.25) is 0 Å². The van der Waals surface area contributed by atoms with Crippen molar-refractivity contribution < 1.29 is 9.90 Å². The molecule has 1 aromatic heterocycles. The van der Waals surface area contributed by atoms with Gasteiger partial charge in [0.1, 0.15) is 11.4 Å². The summed E-state index contributed by atoms with van der Waals surface area (Å²) in [6.45, 7) is 3.68. The molecule has 0 spiro atoms. The number of aromatic nitrogens is 1. The summed E-state index contributed by atoms with van der Waals surface area (Å²) in [4.78, 5) is 20.5. The minimum atomic E-state index is -0.893. The number of hydrogen-bond acceptors (Lipinski definition) is 4. The third-order valence-electron chi connectivity index (χ3n) is 4.69. The van der Waals surface area contributed by atoms with E-state index in [1.54, 1.807) is 12.1 Å². The Hall–Kier alpha value is -1.62. The van der Waals surface area contributed by atoms with Gasteiger partial charge in [-0.25, -0.2) is 9.78 Å². The van der Waals surface area contributed by atoms with Crippen LogP contribution < -0.4 is 4.90 Å². The first-order valence-corrected chi connectivity index (χ1v) is 7.24. The number of carbonyl (C=O) groups is 1. The third-order valence-corrected chi connectivity index (χ3v) is 4.69. The number of pyridine rings is 1. The minimum Gasteiger partial charge on any atom is -0.478 e. The highest BCUT2D eigenvalue weighted by Gasteiger charge is 2.35. The Morgan fingerprint density at radius 2 is 2.05 bits per heavy atom. The topological polar surface area (TPSA) is 56.7 Å². The van der Waals surface area contributed by atoms with Crippen LogP contribution >= 0.6 is 0 Å². The van der Waals surface area contributed by atoms with Crippen molar-refractivity contribution in [2.45, 2.75) is 38.3 Å². The summed E-state index contributed by atoms with van der Waals surface area (Å²) in [6.07, 6.45) is 3.55. The summed E-state index contributed by atoms with van der Waals surface area (Å²) in [7, 11) is 2.19. The number of aromatic carboxylic acids is 1. The van der Waals surface area contributed by atoms with Crippen molar-refractivity contribution in [3.63, 3.8) is 0 Å². The molecule has 2 aliphatic rings. The molecule has 108 valence electrons. The second-order valence-corrected chi connectivity index (χ2v) is 5.91. The molecule has 3 heterocycles. The molecule has 0 radical (unpaired) electrons. The number of nitrogens with zero attached hydrogens (tertiary/aromatic N) is 3. The molecule has 1 aromatic rings. The molecule has 2 saturated heterocycles. The van der Waals surface area contributed by atoms with Gasteiger partial charge in [0.05, 0.1) is 0 Å². The van der Waals surface area contributed by atoms with Gasteiger partial charge in [0.25, 0.3) is 0 Å². The van der Waals surface area contributed by atoms with Crippen LogP contribution in [0.2, 0.25) is 0 Å². The van der Waals surface area contributed by atoms with Crippen LogP contribution in [0.5, 0.6) is 0 Å². The van der Waals surface area contributed by atoms with Crippen LogP contribution in [0.25, 0.3) is 0 Å². The van der Waals surface area contributed by atoms with E-state index in [1.165, 1.54) is 12.8 Å². The molecule has 2 aliphatic heterocycles. The van der Waals surface area contributed by atoms with Crippen LogP contribution in [0.1, 0.15) is 35.3 Å². The standard InChI is InChI=1S/C15H21N3O2/c1-10-3-6-13(15(19)20)14(16-10)18-8-7-11-4-5-12(9-18)17(11)2/h3,6,11-12H,4-5,7-9H2,1-2H3,(H,19,20). The minimum absolute atomic E-state index is 0.316. The normalized spacial score (nSPS) is 26.6. The van der Waals surface area contributed by atoms with E-state index < -0.39 is 5.97 Å². The van der Waals surface area contributed by atoms with Crippen LogP contribution in [-0.4, -0.2) is 53.2 Å². The maximum atomic E-state index is 11.4. The molecule has 5 nitrogen and oxygen atoms in total. The van der Waals surface area contributed by atoms with Gasteiger partial charge in [-0.1, -0.05) is 0 Å². The van der Waals surface area contributed by atoms with E-state index in [2.05, 4.69) is 21.8 Å². The fourth-order valence-corrected chi connectivity index (χ4v) is 3.45. The molecule has 0 aliphatic carbocycles. The first kappa shape index (κ1) is 13.4. The van der Waals surface area contributed by atoms with Crippen LogP contribution in [0.3, 0.4) is 0 Å². The molecule has 2 unspecified atom stereocenters. The van der Waals surface area contributed by atoms with Gasteiger partial charge >= 0.3 is 5.97 Å². The first-order chi connectivity index (χ1) is 9.56. The SMILES string of the molecule is Cc1ccc(C(=O)O)c(N2CCC3CCC(C2)N3C)n1. The van der Waals surface area contributed by atoms with E-state index in [9.17, 15) is 9.90 Å². The number of hydrogen-bond donors (Lipinski definition) is 1. The number of likely N-dealkylation sites (N-methyl/N-ethyl adjacent to an activating group) is 1. The van der Waals surface area contributed by atoms with Gasteiger partial charge < -0.3 is 10.0 Å². The Morgan fingerprint density at radius 1 is 1.30 bits per heavy atom. The highest BCUT2D eigenvalue weighted by atomic mass is 16.4. The summed E-state index contributed by atoms with van der Waals surface area (Å²) in [5, 5.41) is 9.36. The van der Waals surface area contributed by atoms with Crippen molar-refractivity contribution >= 4 is 11.8 Å². The van der Waals surface area contributed by atoms with E-state index >= 15 is 0 Å². The lowest BCUT2D eigenvalue weighted by molar-refractivity contribution is 0.0697. The van der Waals surface area contributed by atoms with Gasteiger partial charge in [-0.15, -0.1) is 0 Å². The molecular weight excluding hydrogens is 254 g/mol. The summed E-state index contributed by atoms with van der Waals surface area (Å²) < 4.78 is 0. The lowest BCUT2D eigenvalue weighted by Crippen LogP contribution is -2.37. The fourth-order valence-electron chi connectivity index (χ4n) is 3.45. The average molecular weight is 275 g/mol. The molecule has 2 fully saturated rings. The van der Waals surface area contributed by atoms with E-state index in [0.29, 0.717) is 23.5 Å². The smallest absolute Gasteiger partial charge is 0.339 e. The van der Waals surface area contributed by atoms with Crippen LogP contribution in [0.4, 0.5) is 5.82 Å². The maximum Gasteiger partial charge on any atom is 0.339 e. The lowest BCUT2D eigenvalue weighted by Gasteiger charge is -2.27. The first-order valence-electron chi connectivity index (χ1n) is 7.24. The number of rotatable bonds is 2. The van der Waals surface area contributed by atoms with Gasteiger partial charge in [-0.05, 0) is 45.4 Å². The molecule has 5 heteroatoms.